The lowest BCUT2D eigenvalue weighted by Crippen LogP contribution is -2.48. The zero-order valence-electron chi connectivity index (χ0n) is 18.5. The van der Waals surface area contributed by atoms with Crippen LogP contribution in [0.1, 0.15) is 5.56 Å². The van der Waals surface area contributed by atoms with E-state index >= 15 is 0 Å². The monoisotopic (exact) mass is 429 g/mol. The smallest absolute Gasteiger partial charge is 0.257 e. The van der Waals surface area contributed by atoms with Gasteiger partial charge in [0.1, 0.15) is 5.75 Å². The molecule has 0 bridgehead atoms. The largest absolute Gasteiger partial charge is 0.484 e. The van der Waals surface area contributed by atoms with E-state index in [1.165, 1.54) is 5.56 Å². The molecule has 0 spiro atoms. The molecule has 32 heavy (non-hydrogen) atoms. The first-order valence-corrected chi connectivity index (χ1v) is 11.3. The second-order valence-corrected chi connectivity index (χ2v) is 8.13. The predicted molar refractivity (Wildman–Crippen MR) is 129 cm³/mol. The highest BCUT2D eigenvalue weighted by Gasteiger charge is 2.16. The van der Waals surface area contributed by atoms with E-state index in [0.717, 1.165) is 50.4 Å². The normalized spacial score (nSPS) is 14.8. The quantitative estimate of drug-likeness (QED) is 0.564. The summed E-state index contributed by atoms with van der Waals surface area (Å²) in [7, 11) is 0. The minimum atomic E-state index is -0.0835. The maximum absolute atomic E-state index is 12.1. The van der Waals surface area contributed by atoms with Crippen molar-refractivity contribution in [3.8, 4) is 16.9 Å². The van der Waals surface area contributed by atoms with Crippen molar-refractivity contribution in [3.05, 3.63) is 90.5 Å². The van der Waals surface area contributed by atoms with Crippen molar-refractivity contribution in [2.45, 2.75) is 6.54 Å². The second kappa shape index (κ2) is 11.5. The first-order chi connectivity index (χ1) is 15.8. The molecule has 1 aliphatic rings. The summed E-state index contributed by atoms with van der Waals surface area (Å²) in [6.07, 6.45) is 0. The van der Waals surface area contributed by atoms with Gasteiger partial charge in [-0.05, 0) is 28.8 Å². The van der Waals surface area contributed by atoms with Gasteiger partial charge in [-0.3, -0.25) is 14.6 Å². The molecular formula is C27H31N3O2. The molecule has 1 heterocycles. The Kier molecular flexibility index (Phi) is 7.90. The van der Waals surface area contributed by atoms with Gasteiger partial charge in [-0.15, -0.1) is 0 Å². The Hall–Kier alpha value is -3.15. The van der Waals surface area contributed by atoms with Gasteiger partial charge in [-0.2, -0.15) is 0 Å². The number of rotatable bonds is 9. The summed E-state index contributed by atoms with van der Waals surface area (Å²) in [5, 5.41) is 2.97. The summed E-state index contributed by atoms with van der Waals surface area (Å²) in [6.45, 7) is 6.75. The van der Waals surface area contributed by atoms with E-state index in [9.17, 15) is 4.79 Å². The number of carbonyl (C=O) groups excluding carboxylic acids is 1. The van der Waals surface area contributed by atoms with Crippen molar-refractivity contribution in [1.82, 2.24) is 15.1 Å². The summed E-state index contributed by atoms with van der Waals surface area (Å²) in [5.74, 6) is 0.620. The molecule has 1 amide bonds. The fourth-order valence-corrected chi connectivity index (χ4v) is 3.94. The van der Waals surface area contributed by atoms with E-state index < -0.39 is 0 Å². The maximum atomic E-state index is 12.1. The highest BCUT2D eigenvalue weighted by molar-refractivity contribution is 5.77. The minimum Gasteiger partial charge on any atom is -0.484 e. The summed E-state index contributed by atoms with van der Waals surface area (Å²) in [4.78, 5) is 17.0. The summed E-state index contributed by atoms with van der Waals surface area (Å²) in [6, 6.07) is 28.7. The molecule has 4 rings (SSSR count). The van der Waals surface area contributed by atoms with E-state index in [1.54, 1.807) is 0 Å². The molecule has 0 aliphatic carbocycles. The van der Waals surface area contributed by atoms with E-state index in [1.807, 2.05) is 42.5 Å². The van der Waals surface area contributed by atoms with E-state index in [-0.39, 0.29) is 12.5 Å². The Morgan fingerprint density at radius 3 is 2.03 bits per heavy atom. The van der Waals surface area contributed by atoms with Crippen LogP contribution in [0.2, 0.25) is 0 Å². The van der Waals surface area contributed by atoms with Gasteiger partial charge in [-0.1, -0.05) is 72.8 Å². The molecule has 5 nitrogen and oxygen atoms in total. The number of benzene rings is 3. The molecule has 3 aromatic carbocycles. The van der Waals surface area contributed by atoms with Crippen molar-refractivity contribution in [1.29, 1.82) is 0 Å². The highest BCUT2D eigenvalue weighted by atomic mass is 16.5. The Morgan fingerprint density at radius 1 is 0.750 bits per heavy atom. The number of hydrogen-bond acceptors (Lipinski definition) is 4. The Morgan fingerprint density at radius 2 is 1.34 bits per heavy atom. The average Bonchev–Trinajstić information content (AvgIpc) is 2.85. The third-order valence-corrected chi connectivity index (χ3v) is 5.80. The highest BCUT2D eigenvalue weighted by Crippen LogP contribution is 2.21. The van der Waals surface area contributed by atoms with Crippen LogP contribution in [0.3, 0.4) is 0 Å². The van der Waals surface area contributed by atoms with E-state index in [4.69, 9.17) is 4.74 Å². The van der Waals surface area contributed by atoms with Gasteiger partial charge >= 0.3 is 0 Å². The molecule has 1 fully saturated rings. The number of hydrogen-bond donors (Lipinski definition) is 1. The van der Waals surface area contributed by atoms with Crippen LogP contribution in [0.25, 0.3) is 11.1 Å². The van der Waals surface area contributed by atoms with Crippen molar-refractivity contribution in [2.75, 3.05) is 45.9 Å². The molecule has 0 saturated carbocycles. The number of nitrogens with one attached hydrogen (secondary N) is 1. The molecular weight excluding hydrogens is 398 g/mol. The predicted octanol–water partition coefficient (Wildman–Crippen LogP) is 3.67. The summed E-state index contributed by atoms with van der Waals surface area (Å²) in [5.41, 5.74) is 3.66. The molecule has 1 aliphatic heterocycles. The van der Waals surface area contributed by atoms with Crippen LogP contribution >= 0.6 is 0 Å². The van der Waals surface area contributed by atoms with Crippen molar-refractivity contribution < 1.29 is 9.53 Å². The third kappa shape index (κ3) is 6.67. The number of ether oxygens (including phenoxy) is 1. The first kappa shape index (κ1) is 22.1. The molecule has 5 heteroatoms. The molecule has 166 valence electrons. The number of amides is 1. The molecule has 0 unspecified atom stereocenters. The van der Waals surface area contributed by atoms with Crippen LogP contribution < -0.4 is 10.1 Å². The van der Waals surface area contributed by atoms with Gasteiger partial charge in [0.05, 0.1) is 0 Å². The Balaban J connectivity index is 1.10. The molecule has 0 radical (unpaired) electrons. The zero-order valence-corrected chi connectivity index (χ0v) is 18.5. The standard InChI is InChI=1S/C27H31N3O2/c31-27(22-32-26-13-11-25(12-14-26)24-9-5-2-6-10-24)28-15-16-29-17-19-30(20-18-29)21-23-7-3-1-4-8-23/h1-14H,15-22H2,(H,28,31). The lowest BCUT2D eigenvalue weighted by molar-refractivity contribution is -0.123. The Labute approximate surface area is 190 Å². The van der Waals surface area contributed by atoms with Gasteiger partial charge in [0.15, 0.2) is 6.61 Å². The van der Waals surface area contributed by atoms with Crippen LogP contribution in [0.15, 0.2) is 84.9 Å². The van der Waals surface area contributed by atoms with E-state index in [0.29, 0.717) is 12.3 Å². The lowest BCUT2D eigenvalue weighted by Gasteiger charge is -2.34. The average molecular weight is 430 g/mol. The van der Waals surface area contributed by atoms with Crippen LogP contribution in [-0.4, -0.2) is 61.6 Å². The topological polar surface area (TPSA) is 44.8 Å². The van der Waals surface area contributed by atoms with Crippen LogP contribution in [0.4, 0.5) is 0 Å². The van der Waals surface area contributed by atoms with Crippen molar-refractivity contribution in [2.24, 2.45) is 0 Å². The number of piperazine rings is 1. The van der Waals surface area contributed by atoms with Gasteiger partial charge in [0.2, 0.25) is 0 Å². The summed E-state index contributed by atoms with van der Waals surface area (Å²) < 4.78 is 5.64. The molecule has 1 saturated heterocycles. The molecule has 0 aromatic heterocycles. The maximum Gasteiger partial charge on any atom is 0.257 e. The van der Waals surface area contributed by atoms with Gasteiger partial charge < -0.3 is 10.1 Å². The molecule has 0 atom stereocenters. The van der Waals surface area contributed by atoms with Crippen LogP contribution in [-0.2, 0) is 11.3 Å². The number of carbonyl (C=O) groups is 1. The van der Waals surface area contributed by atoms with Gasteiger partial charge in [-0.25, -0.2) is 0 Å². The van der Waals surface area contributed by atoms with Gasteiger partial charge in [0.25, 0.3) is 5.91 Å². The van der Waals surface area contributed by atoms with Crippen LogP contribution in [0, 0.1) is 0 Å². The minimum absolute atomic E-state index is 0.0372. The third-order valence-electron chi connectivity index (χ3n) is 5.80. The van der Waals surface area contributed by atoms with Gasteiger partial charge in [0, 0.05) is 45.8 Å². The fraction of sp³-hybridized carbons (Fsp3) is 0.296. The zero-order chi connectivity index (χ0) is 22.0. The lowest BCUT2D eigenvalue weighted by atomic mass is 10.1. The molecule has 3 aromatic rings. The molecule has 1 N–H and O–H groups in total. The Bertz CT molecular complexity index is 953. The van der Waals surface area contributed by atoms with Crippen LogP contribution in [0.5, 0.6) is 5.75 Å². The van der Waals surface area contributed by atoms with Crippen molar-refractivity contribution in [3.63, 3.8) is 0 Å². The second-order valence-electron chi connectivity index (χ2n) is 8.13. The van der Waals surface area contributed by atoms with E-state index in [2.05, 4.69) is 57.6 Å². The summed E-state index contributed by atoms with van der Waals surface area (Å²) >= 11 is 0. The van der Waals surface area contributed by atoms with Crippen molar-refractivity contribution >= 4 is 5.91 Å². The SMILES string of the molecule is O=C(COc1ccc(-c2ccccc2)cc1)NCCN1CCN(Cc2ccccc2)CC1. The fourth-order valence-electron chi connectivity index (χ4n) is 3.94. The first-order valence-electron chi connectivity index (χ1n) is 11.3. The number of nitrogens with zero attached hydrogens (tertiary/aromatic N) is 2.